The molecular formula is C19H20N2O4S. The normalized spacial score (nSPS) is 14.9. The van der Waals surface area contributed by atoms with Gasteiger partial charge in [0.15, 0.2) is 0 Å². The quantitative estimate of drug-likeness (QED) is 0.859. The summed E-state index contributed by atoms with van der Waals surface area (Å²) in [4.78, 5) is 37.9. The number of amides is 2. The van der Waals surface area contributed by atoms with Crippen LogP contribution in [0.4, 0.5) is 5.69 Å². The van der Waals surface area contributed by atoms with Gasteiger partial charge in [0.2, 0.25) is 0 Å². The van der Waals surface area contributed by atoms with Crippen LogP contribution in [0.1, 0.15) is 49.5 Å². The highest BCUT2D eigenvalue weighted by Crippen LogP contribution is 2.21. The Labute approximate surface area is 155 Å². The summed E-state index contributed by atoms with van der Waals surface area (Å²) in [7, 11) is 0. The Bertz CT molecular complexity index is 820. The van der Waals surface area contributed by atoms with Crippen molar-refractivity contribution >= 4 is 34.8 Å². The molecule has 1 aliphatic heterocycles. The molecule has 0 saturated carbocycles. The van der Waals surface area contributed by atoms with Crippen LogP contribution in [-0.4, -0.2) is 40.9 Å². The third kappa shape index (κ3) is 4.11. The van der Waals surface area contributed by atoms with E-state index in [2.05, 4.69) is 12.2 Å². The standard InChI is InChI=1S/C19H20N2O4S/c1-12-8-10-21(11-9-12)18(23)13-2-4-14(5-3-13)20-17(22)15-6-7-16(26-15)19(24)25/h2-7,12H,8-11H2,1H3,(H,20,22)(H,24,25). The number of nitrogens with zero attached hydrogens (tertiary/aromatic N) is 1. The average molecular weight is 372 g/mol. The molecule has 1 aromatic carbocycles. The molecule has 3 rings (SSSR count). The molecule has 1 saturated heterocycles. The van der Waals surface area contributed by atoms with E-state index in [1.54, 1.807) is 24.3 Å². The topological polar surface area (TPSA) is 86.7 Å². The number of aromatic carboxylic acids is 1. The number of piperidine rings is 1. The van der Waals surface area contributed by atoms with Crippen molar-refractivity contribution < 1.29 is 19.5 Å². The van der Waals surface area contributed by atoms with Crippen LogP contribution in [0.15, 0.2) is 36.4 Å². The molecule has 136 valence electrons. The molecule has 0 bridgehead atoms. The van der Waals surface area contributed by atoms with Crippen LogP contribution >= 0.6 is 11.3 Å². The summed E-state index contributed by atoms with van der Waals surface area (Å²) in [5.41, 5.74) is 1.16. The van der Waals surface area contributed by atoms with Crippen molar-refractivity contribution in [2.75, 3.05) is 18.4 Å². The second-order valence-electron chi connectivity index (χ2n) is 6.48. The van der Waals surface area contributed by atoms with Gasteiger partial charge in [0, 0.05) is 24.3 Å². The van der Waals surface area contributed by atoms with Crippen LogP contribution in [0.25, 0.3) is 0 Å². The first-order valence-electron chi connectivity index (χ1n) is 8.48. The lowest BCUT2D eigenvalue weighted by Crippen LogP contribution is -2.37. The molecule has 2 N–H and O–H groups in total. The smallest absolute Gasteiger partial charge is 0.345 e. The molecule has 0 unspecified atom stereocenters. The summed E-state index contributed by atoms with van der Waals surface area (Å²) >= 11 is 0.923. The van der Waals surface area contributed by atoms with E-state index in [-0.39, 0.29) is 16.7 Å². The first kappa shape index (κ1) is 18.1. The van der Waals surface area contributed by atoms with Crippen molar-refractivity contribution in [1.82, 2.24) is 4.90 Å². The maximum Gasteiger partial charge on any atom is 0.345 e. The van der Waals surface area contributed by atoms with Gasteiger partial charge in [0.05, 0.1) is 4.88 Å². The number of carboxylic acid groups (broad SMARTS) is 1. The highest BCUT2D eigenvalue weighted by atomic mass is 32.1. The zero-order valence-corrected chi connectivity index (χ0v) is 15.2. The number of hydrogen-bond donors (Lipinski definition) is 2. The molecule has 2 aromatic rings. The summed E-state index contributed by atoms with van der Waals surface area (Å²) in [6.07, 6.45) is 2.05. The van der Waals surface area contributed by atoms with E-state index in [1.807, 2.05) is 4.90 Å². The molecule has 7 heteroatoms. The predicted molar refractivity (Wildman–Crippen MR) is 100.0 cm³/mol. The van der Waals surface area contributed by atoms with Gasteiger partial charge in [0.25, 0.3) is 11.8 Å². The van der Waals surface area contributed by atoms with Gasteiger partial charge in [-0.2, -0.15) is 0 Å². The van der Waals surface area contributed by atoms with Crippen molar-refractivity contribution in [1.29, 1.82) is 0 Å². The number of carbonyl (C=O) groups is 3. The van der Waals surface area contributed by atoms with E-state index in [1.165, 1.54) is 12.1 Å². The van der Waals surface area contributed by atoms with Crippen molar-refractivity contribution in [3.05, 3.63) is 51.7 Å². The predicted octanol–water partition coefficient (Wildman–Crippen LogP) is 3.57. The number of thiophene rings is 1. The molecular weight excluding hydrogens is 352 g/mol. The van der Waals surface area contributed by atoms with Gasteiger partial charge in [-0.15, -0.1) is 11.3 Å². The molecule has 2 amide bonds. The van der Waals surface area contributed by atoms with E-state index in [4.69, 9.17) is 5.11 Å². The summed E-state index contributed by atoms with van der Waals surface area (Å²) in [5, 5.41) is 11.6. The molecule has 0 atom stereocenters. The lowest BCUT2D eigenvalue weighted by Gasteiger charge is -2.30. The first-order chi connectivity index (χ1) is 12.4. The molecule has 1 aromatic heterocycles. The SMILES string of the molecule is CC1CCN(C(=O)c2ccc(NC(=O)c3ccc(C(=O)O)s3)cc2)CC1. The fourth-order valence-corrected chi connectivity index (χ4v) is 3.60. The van der Waals surface area contributed by atoms with Crippen LogP contribution in [0.2, 0.25) is 0 Å². The Morgan fingerprint density at radius 2 is 1.65 bits per heavy atom. The van der Waals surface area contributed by atoms with E-state index in [9.17, 15) is 14.4 Å². The average Bonchev–Trinajstić information content (AvgIpc) is 3.13. The van der Waals surface area contributed by atoms with E-state index < -0.39 is 5.97 Å². The highest BCUT2D eigenvalue weighted by Gasteiger charge is 2.21. The lowest BCUT2D eigenvalue weighted by molar-refractivity contribution is 0.0690. The third-order valence-electron chi connectivity index (χ3n) is 4.50. The molecule has 26 heavy (non-hydrogen) atoms. The summed E-state index contributed by atoms with van der Waals surface area (Å²) in [6.45, 7) is 3.76. The summed E-state index contributed by atoms with van der Waals surface area (Å²) in [5.74, 6) is -0.745. The van der Waals surface area contributed by atoms with Crippen LogP contribution in [0, 0.1) is 5.92 Å². The van der Waals surface area contributed by atoms with Crippen molar-refractivity contribution in [2.24, 2.45) is 5.92 Å². The molecule has 0 aliphatic carbocycles. The van der Waals surface area contributed by atoms with Gasteiger partial charge in [-0.3, -0.25) is 9.59 Å². The number of rotatable bonds is 4. The van der Waals surface area contributed by atoms with Gasteiger partial charge < -0.3 is 15.3 Å². The number of hydrogen-bond acceptors (Lipinski definition) is 4. The number of benzene rings is 1. The minimum Gasteiger partial charge on any atom is -0.477 e. The van der Waals surface area contributed by atoms with Crippen LogP contribution in [0.5, 0.6) is 0 Å². The van der Waals surface area contributed by atoms with Gasteiger partial charge >= 0.3 is 5.97 Å². The van der Waals surface area contributed by atoms with Crippen molar-refractivity contribution in [2.45, 2.75) is 19.8 Å². The van der Waals surface area contributed by atoms with E-state index >= 15 is 0 Å². The van der Waals surface area contributed by atoms with Crippen molar-refractivity contribution in [3.8, 4) is 0 Å². The fraction of sp³-hybridized carbons (Fsp3) is 0.316. The van der Waals surface area contributed by atoms with Crippen LogP contribution in [-0.2, 0) is 0 Å². The van der Waals surface area contributed by atoms with E-state index in [0.29, 0.717) is 22.0 Å². The van der Waals surface area contributed by atoms with Crippen molar-refractivity contribution in [3.63, 3.8) is 0 Å². The second-order valence-corrected chi connectivity index (χ2v) is 7.56. The monoisotopic (exact) mass is 372 g/mol. The highest BCUT2D eigenvalue weighted by molar-refractivity contribution is 7.15. The second kappa shape index (κ2) is 7.70. The Kier molecular flexibility index (Phi) is 5.37. The Balaban J connectivity index is 1.62. The zero-order chi connectivity index (χ0) is 18.7. The van der Waals surface area contributed by atoms with Gasteiger partial charge in [-0.25, -0.2) is 4.79 Å². The summed E-state index contributed by atoms with van der Waals surface area (Å²) < 4.78 is 0. The summed E-state index contributed by atoms with van der Waals surface area (Å²) in [6, 6.07) is 9.66. The minimum absolute atomic E-state index is 0.0131. The molecule has 1 aliphatic rings. The number of anilines is 1. The van der Waals surface area contributed by atoms with E-state index in [0.717, 1.165) is 37.3 Å². The Morgan fingerprint density at radius 3 is 2.23 bits per heavy atom. The lowest BCUT2D eigenvalue weighted by atomic mass is 9.98. The molecule has 2 heterocycles. The largest absolute Gasteiger partial charge is 0.477 e. The van der Waals surface area contributed by atoms with Gasteiger partial charge in [-0.05, 0) is 55.2 Å². The molecule has 1 fully saturated rings. The Hall–Kier alpha value is -2.67. The number of likely N-dealkylation sites (tertiary alicyclic amines) is 1. The maximum absolute atomic E-state index is 12.5. The Morgan fingerprint density at radius 1 is 1.04 bits per heavy atom. The fourth-order valence-electron chi connectivity index (χ4n) is 2.86. The number of carboxylic acids is 1. The number of carbonyl (C=O) groups excluding carboxylic acids is 2. The molecule has 0 spiro atoms. The van der Waals surface area contributed by atoms with Gasteiger partial charge in [0.1, 0.15) is 4.88 Å². The minimum atomic E-state index is -1.05. The first-order valence-corrected chi connectivity index (χ1v) is 9.29. The molecule has 6 nitrogen and oxygen atoms in total. The third-order valence-corrected chi connectivity index (χ3v) is 5.57. The van der Waals surface area contributed by atoms with Crippen LogP contribution in [0.3, 0.4) is 0 Å². The van der Waals surface area contributed by atoms with Gasteiger partial charge in [-0.1, -0.05) is 6.92 Å². The zero-order valence-electron chi connectivity index (χ0n) is 14.4. The van der Waals surface area contributed by atoms with Crippen LogP contribution < -0.4 is 5.32 Å². The molecule has 0 radical (unpaired) electrons. The number of nitrogens with one attached hydrogen (secondary N) is 1. The maximum atomic E-state index is 12.5.